The van der Waals surface area contributed by atoms with E-state index in [4.69, 9.17) is 4.74 Å². The average molecular weight is 293 g/mol. The molecule has 114 valence electrons. The Hall–Kier alpha value is -0.320. The number of piperidine rings is 1. The molecule has 19 heavy (non-hydrogen) atoms. The highest BCUT2D eigenvalue weighted by Crippen LogP contribution is 2.12. The molecule has 0 saturated carbocycles. The fraction of sp³-hybridized carbons (Fsp3) is 0.929. The molecule has 0 bridgehead atoms. The molecule has 0 aromatic rings. The van der Waals surface area contributed by atoms with Gasteiger partial charge in [0, 0.05) is 19.7 Å². The number of rotatable bonds is 6. The number of amides is 1. The minimum Gasteiger partial charge on any atom is -0.369 e. The molecule has 1 rings (SSSR count). The molecule has 5 heteroatoms. The molecule has 1 fully saturated rings. The summed E-state index contributed by atoms with van der Waals surface area (Å²) in [5.41, 5.74) is 0. The summed E-state index contributed by atoms with van der Waals surface area (Å²) in [7, 11) is 1.90. The van der Waals surface area contributed by atoms with E-state index in [0.29, 0.717) is 18.6 Å². The standard InChI is InChI=1S/C14H28N2O2.ClH/c1-11(2)7-10-18-12(3)14(17)16(4)13-5-8-15-9-6-13;/h11-13,15H,5-10H2,1-4H3;1H. The quantitative estimate of drug-likeness (QED) is 0.815. The van der Waals surface area contributed by atoms with Crippen molar-refractivity contribution in [2.24, 2.45) is 5.92 Å². The van der Waals surface area contributed by atoms with Crippen LogP contribution in [0.25, 0.3) is 0 Å². The van der Waals surface area contributed by atoms with Crippen LogP contribution in [0.3, 0.4) is 0 Å². The van der Waals surface area contributed by atoms with E-state index in [-0.39, 0.29) is 24.4 Å². The van der Waals surface area contributed by atoms with Gasteiger partial charge < -0.3 is 15.0 Å². The zero-order valence-corrected chi connectivity index (χ0v) is 13.5. The highest BCUT2D eigenvalue weighted by Gasteiger charge is 2.25. The summed E-state index contributed by atoms with van der Waals surface area (Å²) in [6.07, 6.45) is 2.78. The van der Waals surface area contributed by atoms with Crippen LogP contribution in [0.15, 0.2) is 0 Å². The molecule has 1 unspecified atom stereocenters. The Morgan fingerprint density at radius 3 is 2.42 bits per heavy atom. The van der Waals surface area contributed by atoms with Gasteiger partial charge in [0.1, 0.15) is 6.10 Å². The summed E-state index contributed by atoms with van der Waals surface area (Å²) in [5, 5.41) is 3.32. The molecule has 0 aromatic carbocycles. The molecule has 0 radical (unpaired) electrons. The molecule has 0 aromatic heterocycles. The van der Waals surface area contributed by atoms with Gasteiger partial charge in [-0.1, -0.05) is 13.8 Å². The summed E-state index contributed by atoms with van der Waals surface area (Å²) in [6, 6.07) is 0.370. The van der Waals surface area contributed by atoms with Gasteiger partial charge in [-0.3, -0.25) is 4.79 Å². The Morgan fingerprint density at radius 1 is 1.32 bits per heavy atom. The molecule has 1 aliphatic heterocycles. The van der Waals surface area contributed by atoms with Gasteiger partial charge in [0.05, 0.1) is 0 Å². The van der Waals surface area contributed by atoms with Crippen molar-refractivity contribution in [2.45, 2.75) is 52.2 Å². The lowest BCUT2D eigenvalue weighted by atomic mass is 10.0. The van der Waals surface area contributed by atoms with Crippen LogP contribution in [0.4, 0.5) is 0 Å². The van der Waals surface area contributed by atoms with E-state index in [0.717, 1.165) is 32.4 Å². The molecule has 0 spiro atoms. The number of hydrogen-bond acceptors (Lipinski definition) is 3. The van der Waals surface area contributed by atoms with Crippen molar-refractivity contribution in [1.82, 2.24) is 10.2 Å². The third kappa shape index (κ3) is 6.59. The SMILES string of the molecule is CC(C)CCOC(C)C(=O)N(C)C1CCNCC1.Cl. The molecule has 1 heterocycles. The van der Waals surface area contributed by atoms with Crippen LogP contribution in [0.5, 0.6) is 0 Å². The maximum absolute atomic E-state index is 12.2. The zero-order valence-electron chi connectivity index (χ0n) is 12.6. The minimum absolute atomic E-state index is 0. The second-order valence-corrected chi connectivity index (χ2v) is 5.63. The average Bonchev–Trinajstić information content (AvgIpc) is 2.37. The van der Waals surface area contributed by atoms with Gasteiger partial charge in [-0.15, -0.1) is 12.4 Å². The smallest absolute Gasteiger partial charge is 0.251 e. The summed E-state index contributed by atoms with van der Waals surface area (Å²) in [4.78, 5) is 14.1. The topological polar surface area (TPSA) is 41.6 Å². The van der Waals surface area contributed by atoms with E-state index in [1.165, 1.54) is 0 Å². The number of hydrogen-bond donors (Lipinski definition) is 1. The first kappa shape index (κ1) is 18.7. The van der Waals surface area contributed by atoms with Crippen LogP contribution in [-0.2, 0) is 9.53 Å². The van der Waals surface area contributed by atoms with Crippen molar-refractivity contribution < 1.29 is 9.53 Å². The lowest BCUT2D eigenvalue weighted by Gasteiger charge is -2.33. The van der Waals surface area contributed by atoms with E-state index >= 15 is 0 Å². The van der Waals surface area contributed by atoms with Gasteiger partial charge in [0.25, 0.3) is 5.91 Å². The van der Waals surface area contributed by atoms with Gasteiger partial charge in [0.15, 0.2) is 0 Å². The van der Waals surface area contributed by atoms with Crippen molar-refractivity contribution in [3.8, 4) is 0 Å². The Balaban J connectivity index is 0.00000324. The predicted octanol–water partition coefficient (Wildman–Crippen LogP) is 2.07. The molecule has 1 N–H and O–H groups in total. The maximum Gasteiger partial charge on any atom is 0.251 e. The van der Waals surface area contributed by atoms with Gasteiger partial charge in [-0.05, 0) is 45.2 Å². The fourth-order valence-corrected chi connectivity index (χ4v) is 2.21. The fourth-order valence-electron chi connectivity index (χ4n) is 2.21. The van der Waals surface area contributed by atoms with Crippen molar-refractivity contribution in [1.29, 1.82) is 0 Å². The highest BCUT2D eigenvalue weighted by molar-refractivity contribution is 5.85. The van der Waals surface area contributed by atoms with Gasteiger partial charge in [-0.25, -0.2) is 0 Å². The van der Waals surface area contributed by atoms with Crippen molar-refractivity contribution in [2.75, 3.05) is 26.7 Å². The van der Waals surface area contributed by atoms with Crippen molar-refractivity contribution in [3.05, 3.63) is 0 Å². The second-order valence-electron chi connectivity index (χ2n) is 5.63. The molecule has 1 amide bonds. The summed E-state index contributed by atoms with van der Waals surface area (Å²) in [6.45, 7) is 8.87. The first-order valence-electron chi connectivity index (χ1n) is 7.11. The van der Waals surface area contributed by atoms with Crippen molar-refractivity contribution >= 4 is 18.3 Å². The molecule has 1 atom stereocenters. The Labute approximate surface area is 123 Å². The lowest BCUT2D eigenvalue weighted by molar-refractivity contribution is -0.144. The number of carbonyl (C=O) groups excluding carboxylic acids is 1. The molecule has 1 saturated heterocycles. The van der Waals surface area contributed by atoms with E-state index in [1.807, 2.05) is 18.9 Å². The van der Waals surface area contributed by atoms with Crippen LogP contribution >= 0.6 is 12.4 Å². The van der Waals surface area contributed by atoms with E-state index in [1.54, 1.807) is 0 Å². The first-order chi connectivity index (χ1) is 8.52. The third-order valence-corrected chi connectivity index (χ3v) is 3.61. The van der Waals surface area contributed by atoms with Gasteiger partial charge in [0.2, 0.25) is 0 Å². The summed E-state index contributed by atoms with van der Waals surface area (Å²) in [5.74, 6) is 0.736. The number of carbonyl (C=O) groups is 1. The number of halogens is 1. The van der Waals surface area contributed by atoms with Crippen LogP contribution in [0, 0.1) is 5.92 Å². The highest BCUT2D eigenvalue weighted by atomic mass is 35.5. The number of nitrogens with zero attached hydrogens (tertiary/aromatic N) is 1. The van der Waals surface area contributed by atoms with E-state index in [2.05, 4.69) is 19.2 Å². The van der Waals surface area contributed by atoms with E-state index < -0.39 is 0 Å². The van der Waals surface area contributed by atoms with Crippen LogP contribution in [0.1, 0.15) is 40.0 Å². The molecule has 1 aliphatic rings. The Morgan fingerprint density at radius 2 is 1.89 bits per heavy atom. The first-order valence-corrected chi connectivity index (χ1v) is 7.11. The zero-order chi connectivity index (χ0) is 13.5. The predicted molar refractivity (Wildman–Crippen MR) is 80.8 cm³/mol. The van der Waals surface area contributed by atoms with Crippen LogP contribution < -0.4 is 5.32 Å². The minimum atomic E-state index is -0.316. The van der Waals surface area contributed by atoms with Crippen molar-refractivity contribution in [3.63, 3.8) is 0 Å². The molecular weight excluding hydrogens is 264 g/mol. The van der Waals surface area contributed by atoms with Crippen LogP contribution in [-0.4, -0.2) is 49.7 Å². The monoisotopic (exact) mass is 292 g/mol. The lowest BCUT2D eigenvalue weighted by Crippen LogP contribution is -2.47. The third-order valence-electron chi connectivity index (χ3n) is 3.61. The maximum atomic E-state index is 12.2. The van der Waals surface area contributed by atoms with Gasteiger partial charge in [-0.2, -0.15) is 0 Å². The number of nitrogens with one attached hydrogen (secondary N) is 1. The Kier molecular flexibility index (Phi) is 9.40. The molecule has 0 aliphatic carbocycles. The largest absolute Gasteiger partial charge is 0.369 e. The molecular formula is C14H29ClN2O2. The second kappa shape index (κ2) is 9.56. The van der Waals surface area contributed by atoms with Crippen LogP contribution in [0.2, 0.25) is 0 Å². The summed E-state index contributed by atoms with van der Waals surface area (Å²) >= 11 is 0. The van der Waals surface area contributed by atoms with E-state index in [9.17, 15) is 4.79 Å². The Bertz CT molecular complexity index is 256. The summed E-state index contributed by atoms with van der Waals surface area (Å²) < 4.78 is 5.62. The number of ether oxygens (including phenoxy) is 1. The normalized spacial score (nSPS) is 17.9. The molecule has 4 nitrogen and oxygen atoms in total. The number of likely N-dealkylation sites (N-methyl/N-ethyl adjacent to an activating group) is 1. The van der Waals surface area contributed by atoms with Gasteiger partial charge >= 0.3 is 0 Å².